The number of nitrogens with zero attached hydrogens (tertiary/aromatic N) is 1. The van der Waals surface area contributed by atoms with Gasteiger partial charge in [-0.15, -0.1) is 11.3 Å². The number of carbonyl (C=O) groups is 1. The molecule has 0 spiro atoms. The summed E-state index contributed by atoms with van der Waals surface area (Å²) in [5.74, 6) is -0.292. The normalized spacial score (nSPS) is 10.5. The molecule has 0 unspecified atom stereocenters. The summed E-state index contributed by atoms with van der Waals surface area (Å²) < 4.78 is 5.77. The molecule has 0 aliphatic carbocycles. The molecule has 15 heavy (non-hydrogen) atoms. The molecule has 0 radical (unpaired) electrons. The molecule has 2 aromatic heterocycles. The average molecular weight is 221 g/mol. The molecule has 78 valence electrons. The summed E-state index contributed by atoms with van der Waals surface area (Å²) in [6.07, 6.45) is 2.72. The van der Waals surface area contributed by atoms with Gasteiger partial charge in [-0.25, -0.2) is 4.79 Å². The van der Waals surface area contributed by atoms with Gasteiger partial charge in [-0.05, 0) is 24.1 Å². The second kappa shape index (κ2) is 3.98. The predicted octanol–water partition coefficient (Wildman–Crippen LogP) is 2.65. The monoisotopic (exact) mass is 221 g/mol. The average Bonchev–Trinajstić information content (AvgIpc) is 2.71. The van der Waals surface area contributed by atoms with Gasteiger partial charge in [0.1, 0.15) is 4.88 Å². The van der Waals surface area contributed by atoms with Crippen molar-refractivity contribution in [1.29, 1.82) is 0 Å². The zero-order valence-electron chi connectivity index (χ0n) is 8.61. The third kappa shape index (κ3) is 1.72. The number of hydrogen-bond acceptors (Lipinski definition) is 4. The number of ether oxygens (including phenoxy) is 1. The summed E-state index contributed by atoms with van der Waals surface area (Å²) in [5, 5.41) is 0. The number of aromatic nitrogens is 1. The Kier molecular flexibility index (Phi) is 2.68. The van der Waals surface area contributed by atoms with Crippen LogP contribution in [0.15, 0.2) is 18.3 Å². The van der Waals surface area contributed by atoms with Crippen molar-refractivity contribution in [3.05, 3.63) is 28.8 Å². The molecule has 0 saturated heterocycles. The number of esters is 1. The van der Waals surface area contributed by atoms with Gasteiger partial charge in [0.25, 0.3) is 0 Å². The zero-order valence-corrected chi connectivity index (χ0v) is 9.43. The number of pyridine rings is 1. The molecule has 2 rings (SSSR count). The highest BCUT2D eigenvalue weighted by molar-refractivity contribution is 7.20. The lowest BCUT2D eigenvalue weighted by Crippen LogP contribution is -1.96. The van der Waals surface area contributed by atoms with Crippen LogP contribution in [0, 0.1) is 0 Å². The molecule has 0 bridgehead atoms. The van der Waals surface area contributed by atoms with E-state index in [1.807, 2.05) is 6.07 Å². The van der Waals surface area contributed by atoms with Gasteiger partial charge in [-0.1, -0.05) is 6.92 Å². The molecule has 2 aromatic rings. The van der Waals surface area contributed by atoms with Gasteiger partial charge in [0, 0.05) is 6.20 Å². The molecule has 3 nitrogen and oxygen atoms in total. The van der Waals surface area contributed by atoms with Crippen molar-refractivity contribution in [2.75, 3.05) is 7.11 Å². The number of aryl methyl sites for hydroxylation is 1. The van der Waals surface area contributed by atoms with Crippen LogP contribution in [0.4, 0.5) is 0 Å². The first-order valence-corrected chi connectivity index (χ1v) is 5.53. The molecule has 0 N–H and O–H groups in total. The number of rotatable bonds is 2. The number of fused-ring (bicyclic) bond motifs is 1. The van der Waals surface area contributed by atoms with Gasteiger partial charge < -0.3 is 4.74 Å². The second-order valence-corrected chi connectivity index (χ2v) is 4.19. The fraction of sp³-hybridized carbons (Fsp3) is 0.273. The van der Waals surface area contributed by atoms with Crippen LogP contribution in [0.3, 0.4) is 0 Å². The third-order valence-electron chi connectivity index (χ3n) is 2.26. The summed E-state index contributed by atoms with van der Waals surface area (Å²) in [4.78, 5) is 16.2. The quantitative estimate of drug-likeness (QED) is 0.732. The van der Waals surface area contributed by atoms with Crippen LogP contribution in [0.5, 0.6) is 0 Å². The van der Waals surface area contributed by atoms with Gasteiger partial charge in [0.2, 0.25) is 0 Å². The van der Waals surface area contributed by atoms with Crippen LogP contribution in [0.2, 0.25) is 0 Å². The Morgan fingerprint density at radius 1 is 1.60 bits per heavy atom. The van der Waals surface area contributed by atoms with Gasteiger partial charge >= 0.3 is 5.97 Å². The highest BCUT2D eigenvalue weighted by Gasteiger charge is 2.12. The summed E-state index contributed by atoms with van der Waals surface area (Å²) in [7, 11) is 1.39. The Morgan fingerprint density at radius 2 is 2.40 bits per heavy atom. The van der Waals surface area contributed by atoms with Crippen molar-refractivity contribution in [3.8, 4) is 0 Å². The number of methoxy groups -OCH3 is 1. The van der Waals surface area contributed by atoms with Crippen molar-refractivity contribution in [3.63, 3.8) is 0 Å². The Labute approximate surface area is 91.7 Å². The number of carbonyl (C=O) groups excluding carboxylic acids is 1. The maximum Gasteiger partial charge on any atom is 0.348 e. The lowest BCUT2D eigenvalue weighted by atomic mass is 10.2. The standard InChI is InChI=1S/C11H11NO2S/c1-3-7-4-5-12-8-6-9(11(13)14-2)15-10(7)8/h4-6H,3H2,1-2H3. The first kappa shape index (κ1) is 10.1. The van der Waals surface area contributed by atoms with Gasteiger partial charge in [-0.3, -0.25) is 4.98 Å². The zero-order chi connectivity index (χ0) is 10.8. The lowest BCUT2D eigenvalue weighted by Gasteiger charge is -1.95. The summed E-state index contributed by atoms with van der Waals surface area (Å²) in [6, 6.07) is 3.77. The molecular formula is C11H11NO2S. The minimum Gasteiger partial charge on any atom is -0.465 e. The maximum atomic E-state index is 11.3. The van der Waals surface area contributed by atoms with E-state index in [1.165, 1.54) is 24.0 Å². The third-order valence-corrected chi connectivity index (χ3v) is 3.44. The Morgan fingerprint density at radius 3 is 3.07 bits per heavy atom. The molecule has 0 aliphatic rings. The minimum absolute atomic E-state index is 0.292. The van der Waals surface area contributed by atoms with Gasteiger partial charge in [0.15, 0.2) is 0 Å². The Bertz CT molecular complexity index is 504. The van der Waals surface area contributed by atoms with E-state index < -0.39 is 0 Å². The Hall–Kier alpha value is -1.42. The highest BCUT2D eigenvalue weighted by Crippen LogP contribution is 2.27. The SMILES string of the molecule is CCc1ccnc2cc(C(=O)OC)sc12. The van der Waals surface area contributed by atoms with Crippen molar-refractivity contribution in [2.24, 2.45) is 0 Å². The number of thiophene rings is 1. The van der Waals surface area contributed by atoms with Crippen molar-refractivity contribution in [2.45, 2.75) is 13.3 Å². The van der Waals surface area contributed by atoms with E-state index in [0.29, 0.717) is 4.88 Å². The topological polar surface area (TPSA) is 39.2 Å². The second-order valence-electron chi connectivity index (χ2n) is 3.14. The molecule has 2 heterocycles. The summed E-state index contributed by atoms with van der Waals surface area (Å²) in [6.45, 7) is 2.09. The van der Waals surface area contributed by atoms with E-state index in [0.717, 1.165) is 16.6 Å². The van der Waals surface area contributed by atoms with E-state index in [9.17, 15) is 4.79 Å². The molecule has 0 fully saturated rings. The summed E-state index contributed by atoms with van der Waals surface area (Å²) in [5.41, 5.74) is 2.10. The number of hydrogen-bond donors (Lipinski definition) is 0. The smallest absolute Gasteiger partial charge is 0.348 e. The predicted molar refractivity (Wildman–Crippen MR) is 60.3 cm³/mol. The maximum absolute atomic E-state index is 11.3. The van der Waals surface area contributed by atoms with Crippen LogP contribution < -0.4 is 0 Å². The largest absolute Gasteiger partial charge is 0.465 e. The van der Waals surface area contributed by atoms with Crippen LogP contribution >= 0.6 is 11.3 Å². The molecule has 0 saturated carbocycles. The molecule has 0 amide bonds. The van der Waals surface area contributed by atoms with Crippen molar-refractivity contribution < 1.29 is 9.53 Å². The van der Waals surface area contributed by atoms with Crippen molar-refractivity contribution in [1.82, 2.24) is 4.98 Å². The molecule has 0 aliphatic heterocycles. The van der Waals surface area contributed by atoms with E-state index in [4.69, 9.17) is 0 Å². The fourth-order valence-corrected chi connectivity index (χ4v) is 2.59. The van der Waals surface area contributed by atoms with Gasteiger partial charge in [-0.2, -0.15) is 0 Å². The fourth-order valence-electron chi connectivity index (χ4n) is 1.47. The van der Waals surface area contributed by atoms with E-state index in [1.54, 1.807) is 12.3 Å². The lowest BCUT2D eigenvalue weighted by molar-refractivity contribution is 0.0606. The molecule has 0 atom stereocenters. The van der Waals surface area contributed by atoms with Crippen LogP contribution in [-0.4, -0.2) is 18.1 Å². The first-order valence-electron chi connectivity index (χ1n) is 4.72. The molecular weight excluding hydrogens is 210 g/mol. The molecule has 0 aromatic carbocycles. The van der Waals surface area contributed by atoms with Crippen molar-refractivity contribution >= 4 is 27.5 Å². The van der Waals surface area contributed by atoms with Gasteiger partial charge in [0.05, 0.1) is 17.3 Å². The Balaban J connectivity index is 2.60. The van der Waals surface area contributed by atoms with Crippen LogP contribution in [0.25, 0.3) is 10.2 Å². The summed E-state index contributed by atoms with van der Waals surface area (Å²) >= 11 is 1.44. The first-order chi connectivity index (χ1) is 7.26. The van der Waals surface area contributed by atoms with E-state index in [2.05, 4.69) is 16.6 Å². The van der Waals surface area contributed by atoms with E-state index in [-0.39, 0.29) is 5.97 Å². The van der Waals surface area contributed by atoms with E-state index >= 15 is 0 Å². The highest BCUT2D eigenvalue weighted by atomic mass is 32.1. The molecule has 4 heteroatoms. The van der Waals surface area contributed by atoms with Crippen LogP contribution in [-0.2, 0) is 11.2 Å². The van der Waals surface area contributed by atoms with Crippen LogP contribution in [0.1, 0.15) is 22.2 Å². The minimum atomic E-state index is -0.292.